The summed E-state index contributed by atoms with van der Waals surface area (Å²) in [4.78, 5) is 10.5. The fourth-order valence-electron chi connectivity index (χ4n) is 1.13. The van der Waals surface area contributed by atoms with Crippen LogP contribution >= 0.6 is 0 Å². The minimum Gasteiger partial charge on any atom is -0.478 e. The maximum atomic E-state index is 13.0. The number of hydrogen-bond donors (Lipinski definition) is 2. The van der Waals surface area contributed by atoms with Crippen LogP contribution in [0.5, 0.6) is 0 Å². The summed E-state index contributed by atoms with van der Waals surface area (Å²) in [5, 5.41) is 15.4. The van der Waals surface area contributed by atoms with Gasteiger partial charge in [0.15, 0.2) is 0 Å². The van der Waals surface area contributed by atoms with Crippen molar-refractivity contribution in [2.24, 2.45) is 0 Å². The van der Waals surface area contributed by atoms with Crippen molar-refractivity contribution < 1.29 is 14.3 Å². The molecular formula is C8H5FN2O2. The van der Waals surface area contributed by atoms with E-state index >= 15 is 0 Å². The molecule has 0 fully saturated rings. The van der Waals surface area contributed by atoms with Gasteiger partial charge in [-0.05, 0) is 12.1 Å². The van der Waals surface area contributed by atoms with Crippen LogP contribution < -0.4 is 0 Å². The molecule has 0 saturated heterocycles. The highest BCUT2D eigenvalue weighted by Gasteiger charge is 2.11. The van der Waals surface area contributed by atoms with Crippen LogP contribution in [-0.4, -0.2) is 21.3 Å². The number of halogens is 1. The molecule has 13 heavy (non-hydrogen) atoms. The number of aromatic nitrogens is 2. The maximum Gasteiger partial charge on any atom is 0.338 e. The number of carbonyl (C=O) groups is 1. The molecule has 0 aliphatic rings. The Hall–Kier alpha value is -1.91. The first-order chi connectivity index (χ1) is 6.18. The molecule has 1 aromatic heterocycles. The number of carboxylic acid groups (broad SMARTS) is 1. The van der Waals surface area contributed by atoms with E-state index in [0.29, 0.717) is 10.9 Å². The Kier molecular flexibility index (Phi) is 1.51. The topological polar surface area (TPSA) is 66.0 Å². The van der Waals surface area contributed by atoms with E-state index in [1.54, 1.807) is 0 Å². The van der Waals surface area contributed by atoms with E-state index < -0.39 is 11.8 Å². The predicted molar refractivity (Wildman–Crippen MR) is 43.0 cm³/mol. The Bertz CT molecular complexity index is 478. The van der Waals surface area contributed by atoms with Crippen molar-refractivity contribution in [1.29, 1.82) is 0 Å². The molecule has 0 radical (unpaired) electrons. The summed E-state index contributed by atoms with van der Waals surface area (Å²) in [6.45, 7) is 0. The summed E-state index contributed by atoms with van der Waals surface area (Å²) in [6, 6.07) is 2.36. The number of benzene rings is 1. The van der Waals surface area contributed by atoms with E-state index in [9.17, 15) is 9.18 Å². The van der Waals surface area contributed by atoms with Crippen LogP contribution in [0.25, 0.3) is 10.9 Å². The van der Waals surface area contributed by atoms with Crippen LogP contribution in [0.2, 0.25) is 0 Å². The van der Waals surface area contributed by atoms with Crippen LogP contribution in [0.1, 0.15) is 10.4 Å². The molecule has 0 unspecified atom stereocenters. The SMILES string of the molecule is O=C(O)c1cc2[nH]ncc2cc1F. The number of nitrogens with zero attached hydrogens (tertiary/aromatic N) is 1. The minimum absolute atomic E-state index is 0.350. The zero-order valence-corrected chi connectivity index (χ0v) is 6.41. The lowest BCUT2D eigenvalue weighted by molar-refractivity contribution is 0.0692. The predicted octanol–water partition coefficient (Wildman–Crippen LogP) is 1.40. The second kappa shape index (κ2) is 2.55. The van der Waals surface area contributed by atoms with Gasteiger partial charge in [0.05, 0.1) is 17.3 Å². The van der Waals surface area contributed by atoms with Gasteiger partial charge in [0, 0.05) is 5.39 Å². The third kappa shape index (κ3) is 1.14. The molecular weight excluding hydrogens is 175 g/mol. The highest BCUT2D eigenvalue weighted by atomic mass is 19.1. The average Bonchev–Trinajstić information content (AvgIpc) is 2.48. The molecule has 5 heteroatoms. The van der Waals surface area contributed by atoms with Crippen LogP contribution in [0.3, 0.4) is 0 Å². The number of nitrogens with one attached hydrogen (secondary N) is 1. The lowest BCUT2D eigenvalue weighted by atomic mass is 10.1. The van der Waals surface area contributed by atoms with Crippen molar-refractivity contribution in [2.45, 2.75) is 0 Å². The Morgan fingerprint density at radius 2 is 2.31 bits per heavy atom. The van der Waals surface area contributed by atoms with Crippen LogP contribution in [0.4, 0.5) is 4.39 Å². The first-order valence-electron chi connectivity index (χ1n) is 3.54. The normalized spacial score (nSPS) is 10.5. The summed E-state index contributed by atoms with van der Waals surface area (Å²) < 4.78 is 13.0. The lowest BCUT2D eigenvalue weighted by Crippen LogP contribution is -1.99. The van der Waals surface area contributed by atoms with Gasteiger partial charge >= 0.3 is 5.97 Å². The molecule has 0 bridgehead atoms. The molecule has 0 saturated carbocycles. The van der Waals surface area contributed by atoms with Crippen LogP contribution in [0, 0.1) is 5.82 Å². The van der Waals surface area contributed by atoms with Gasteiger partial charge in [0.25, 0.3) is 0 Å². The Balaban J connectivity index is 2.76. The quantitative estimate of drug-likeness (QED) is 0.697. The fraction of sp³-hybridized carbons (Fsp3) is 0. The fourth-order valence-corrected chi connectivity index (χ4v) is 1.13. The summed E-state index contributed by atoms with van der Waals surface area (Å²) in [5.41, 5.74) is 0.163. The highest BCUT2D eigenvalue weighted by molar-refractivity contribution is 5.93. The number of aromatic amines is 1. The number of H-pyrrole nitrogens is 1. The molecule has 0 spiro atoms. The minimum atomic E-state index is -1.28. The molecule has 4 nitrogen and oxygen atoms in total. The molecule has 2 rings (SSSR count). The Labute approximate surface area is 72.0 Å². The number of rotatable bonds is 1. The standard InChI is InChI=1S/C8H5FN2O2/c9-6-1-4-3-10-11-7(4)2-5(6)8(12)13/h1-3H,(H,10,11)(H,12,13). The largest absolute Gasteiger partial charge is 0.478 e. The van der Waals surface area contributed by atoms with Gasteiger partial charge in [-0.2, -0.15) is 5.10 Å². The second-order valence-corrected chi connectivity index (χ2v) is 2.59. The van der Waals surface area contributed by atoms with E-state index in [4.69, 9.17) is 5.11 Å². The van der Waals surface area contributed by atoms with E-state index in [0.717, 1.165) is 6.07 Å². The average molecular weight is 180 g/mol. The molecule has 1 aromatic carbocycles. The van der Waals surface area contributed by atoms with Gasteiger partial charge in [-0.3, -0.25) is 5.10 Å². The molecule has 2 aromatic rings. The van der Waals surface area contributed by atoms with E-state index in [1.165, 1.54) is 12.3 Å². The first-order valence-corrected chi connectivity index (χ1v) is 3.54. The van der Waals surface area contributed by atoms with Crippen molar-refractivity contribution in [3.05, 3.63) is 29.7 Å². The molecule has 0 aliphatic carbocycles. The molecule has 1 heterocycles. The Morgan fingerprint density at radius 3 is 3.00 bits per heavy atom. The maximum absolute atomic E-state index is 13.0. The third-order valence-corrected chi connectivity index (χ3v) is 1.76. The van der Waals surface area contributed by atoms with Crippen LogP contribution in [0.15, 0.2) is 18.3 Å². The number of aromatic carboxylic acids is 1. The van der Waals surface area contributed by atoms with Gasteiger partial charge in [-0.1, -0.05) is 0 Å². The zero-order chi connectivity index (χ0) is 9.42. The van der Waals surface area contributed by atoms with Crippen molar-refractivity contribution in [3.63, 3.8) is 0 Å². The number of fused-ring (bicyclic) bond motifs is 1. The molecule has 66 valence electrons. The third-order valence-electron chi connectivity index (χ3n) is 1.76. The van der Waals surface area contributed by atoms with Gasteiger partial charge in [-0.15, -0.1) is 0 Å². The van der Waals surface area contributed by atoms with E-state index in [1.807, 2.05) is 0 Å². The molecule has 0 amide bonds. The van der Waals surface area contributed by atoms with Gasteiger partial charge < -0.3 is 5.11 Å². The van der Waals surface area contributed by atoms with Crippen molar-refractivity contribution >= 4 is 16.9 Å². The smallest absolute Gasteiger partial charge is 0.338 e. The molecule has 0 atom stereocenters. The summed E-state index contributed by atoms with van der Waals surface area (Å²) in [5.74, 6) is -2.03. The monoisotopic (exact) mass is 180 g/mol. The summed E-state index contributed by atoms with van der Waals surface area (Å²) >= 11 is 0. The van der Waals surface area contributed by atoms with E-state index in [-0.39, 0.29) is 5.56 Å². The zero-order valence-electron chi connectivity index (χ0n) is 6.41. The van der Waals surface area contributed by atoms with Crippen molar-refractivity contribution in [2.75, 3.05) is 0 Å². The highest BCUT2D eigenvalue weighted by Crippen LogP contribution is 2.16. The lowest BCUT2D eigenvalue weighted by Gasteiger charge is -1.96. The molecule has 2 N–H and O–H groups in total. The Morgan fingerprint density at radius 1 is 1.54 bits per heavy atom. The van der Waals surface area contributed by atoms with Gasteiger partial charge in [0.2, 0.25) is 0 Å². The number of hydrogen-bond acceptors (Lipinski definition) is 2. The van der Waals surface area contributed by atoms with Gasteiger partial charge in [0.1, 0.15) is 5.82 Å². The number of carboxylic acids is 1. The van der Waals surface area contributed by atoms with E-state index in [2.05, 4.69) is 10.2 Å². The van der Waals surface area contributed by atoms with Gasteiger partial charge in [-0.25, -0.2) is 9.18 Å². The van der Waals surface area contributed by atoms with Crippen LogP contribution in [-0.2, 0) is 0 Å². The first kappa shape index (κ1) is 7.72. The molecule has 0 aliphatic heterocycles. The van der Waals surface area contributed by atoms with Crippen molar-refractivity contribution in [1.82, 2.24) is 10.2 Å². The second-order valence-electron chi connectivity index (χ2n) is 2.59. The van der Waals surface area contributed by atoms with Crippen molar-refractivity contribution in [3.8, 4) is 0 Å². The summed E-state index contributed by atoms with van der Waals surface area (Å²) in [6.07, 6.45) is 1.43. The summed E-state index contributed by atoms with van der Waals surface area (Å²) in [7, 11) is 0.